The zero-order valence-corrected chi connectivity index (χ0v) is 21.4. The Morgan fingerprint density at radius 1 is 1.23 bits per heavy atom. The second-order valence-corrected chi connectivity index (χ2v) is 8.92. The van der Waals surface area contributed by atoms with E-state index in [-0.39, 0.29) is 36.0 Å². The highest BCUT2D eigenvalue weighted by Gasteiger charge is 2.27. The van der Waals surface area contributed by atoms with Crippen LogP contribution in [-0.4, -0.2) is 79.2 Å². The van der Waals surface area contributed by atoms with Gasteiger partial charge in [0.15, 0.2) is 5.96 Å². The molecule has 2 aliphatic heterocycles. The average Bonchev–Trinajstić information content (AvgIpc) is 3.07. The highest BCUT2D eigenvalue weighted by Crippen LogP contribution is 2.19. The van der Waals surface area contributed by atoms with E-state index in [0.717, 1.165) is 64.4 Å². The van der Waals surface area contributed by atoms with Crippen molar-refractivity contribution in [1.29, 1.82) is 0 Å². The van der Waals surface area contributed by atoms with Crippen LogP contribution < -0.4 is 10.6 Å². The van der Waals surface area contributed by atoms with Crippen molar-refractivity contribution in [1.82, 2.24) is 20.4 Å². The number of piperidine rings is 1. The Morgan fingerprint density at radius 2 is 2.00 bits per heavy atom. The summed E-state index contributed by atoms with van der Waals surface area (Å²) in [7, 11) is 0. The minimum atomic E-state index is -0.468. The van der Waals surface area contributed by atoms with E-state index in [1.807, 2.05) is 37.5 Å². The molecule has 2 N–H and O–H groups in total. The highest BCUT2D eigenvalue weighted by molar-refractivity contribution is 14.0. The second kappa shape index (κ2) is 13.2. The largest absolute Gasteiger partial charge is 0.444 e. The fraction of sp³-hybridized carbons (Fsp3) is 0.857. The van der Waals surface area contributed by atoms with Crippen LogP contribution in [0.25, 0.3) is 0 Å². The number of hydrogen-bond acceptors (Lipinski definition) is 4. The Bertz CT molecular complexity index is 579. The topological polar surface area (TPSA) is 86.3 Å². The lowest BCUT2D eigenvalue weighted by molar-refractivity contribution is -0.127. The quantitative estimate of drug-likeness (QED) is 0.226. The molecule has 1 atom stereocenters. The minimum Gasteiger partial charge on any atom is -0.444 e. The van der Waals surface area contributed by atoms with E-state index in [0.29, 0.717) is 25.4 Å². The van der Waals surface area contributed by atoms with E-state index in [1.165, 1.54) is 0 Å². The summed E-state index contributed by atoms with van der Waals surface area (Å²) < 4.78 is 5.50. The molecule has 0 spiro atoms. The van der Waals surface area contributed by atoms with Crippen molar-refractivity contribution in [2.75, 3.05) is 45.8 Å². The molecule has 0 aliphatic carbocycles. The molecular formula is C21H40IN5O3. The van der Waals surface area contributed by atoms with Gasteiger partial charge in [0.25, 0.3) is 0 Å². The van der Waals surface area contributed by atoms with E-state index in [4.69, 9.17) is 9.73 Å². The van der Waals surface area contributed by atoms with Gasteiger partial charge in [-0.2, -0.15) is 0 Å². The lowest BCUT2D eigenvalue weighted by Crippen LogP contribution is -2.44. The second-order valence-electron chi connectivity index (χ2n) is 8.92. The molecule has 0 saturated carbocycles. The first-order valence-electron chi connectivity index (χ1n) is 11.1. The third-order valence-corrected chi connectivity index (χ3v) is 5.09. The zero-order chi connectivity index (χ0) is 21.3. The Balaban J connectivity index is 0.00000450. The third-order valence-electron chi connectivity index (χ3n) is 5.09. The summed E-state index contributed by atoms with van der Waals surface area (Å²) in [4.78, 5) is 32.5. The molecule has 2 amide bonds. The fourth-order valence-corrected chi connectivity index (χ4v) is 3.69. The van der Waals surface area contributed by atoms with Gasteiger partial charge in [0, 0.05) is 52.2 Å². The van der Waals surface area contributed by atoms with Gasteiger partial charge >= 0.3 is 6.09 Å². The Hall–Kier alpha value is -1.26. The maximum Gasteiger partial charge on any atom is 0.410 e. The summed E-state index contributed by atoms with van der Waals surface area (Å²) in [6.45, 7) is 13.1. The summed E-state index contributed by atoms with van der Waals surface area (Å²) in [6, 6.07) is 0. The maximum absolute atomic E-state index is 12.3. The van der Waals surface area contributed by atoms with Crippen molar-refractivity contribution in [3.8, 4) is 0 Å². The molecule has 0 bridgehead atoms. The lowest BCUT2D eigenvalue weighted by Gasteiger charge is -2.33. The van der Waals surface area contributed by atoms with Gasteiger partial charge in [-0.15, -0.1) is 24.0 Å². The van der Waals surface area contributed by atoms with Gasteiger partial charge in [-0.1, -0.05) is 0 Å². The summed E-state index contributed by atoms with van der Waals surface area (Å²) >= 11 is 0. The number of nitrogens with one attached hydrogen (secondary N) is 2. The maximum atomic E-state index is 12.3. The number of rotatable bonds is 7. The number of ether oxygens (including phenoxy) is 1. The van der Waals surface area contributed by atoms with E-state index in [9.17, 15) is 9.59 Å². The van der Waals surface area contributed by atoms with Crippen LogP contribution in [0.1, 0.15) is 59.8 Å². The number of guanidine groups is 1. The van der Waals surface area contributed by atoms with Crippen LogP contribution in [0.5, 0.6) is 0 Å². The van der Waals surface area contributed by atoms with Crippen molar-refractivity contribution in [2.45, 2.75) is 65.4 Å². The zero-order valence-electron chi connectivity index (χ0n) is 19.0. The van der Waals surface area contributed by atoms with E-state index in [2.05, 4.69) is 10.6 Å². The van der Waals surface area contributed by atoms with Gasteiger partial charge in [0.1, 0.15) is 5.60 Å². The van der Waals surface area contributed by atoms with E-state index in [1.54, 1.807) is 0 Å². The van der Waals surface area contributed by atoms with Crippen LogP contribution in [0, 0.1) is 5.92 Å². The first-order valence-corrected chi connectivity index (χ1v) is 11.1. The number of carbonyl (C=O) groups is 2. The lowest BCUT2D eigenvalue weighted by atomic mass is 9.98. The monoisotopic (exact) mass is 537 g/mol. The van der Waals surface area contributed by atoms with Crippen LogP contribution in [-0.2, 0) is 9.53 Å². The molecule has 0 radical (unpaired) electrons. The molecule has 30 heavy (non-hydrogen) atoms. The van der Waals surface area contributed by atoms with Gasteiger partial charge in [-0.3, -0.25) is 9.79 Å². The SMILES string of the molecule is CCNC(=NCC1CCCN(C(=O)OC(C)(C)C)C1)NCCCN1CCCC1=O.I. The molecule has 2 aliphatic rings. The summed E-state index contributed by atoms with van der Waals surface area (Å²) in [5, 5.41) is 6.64. The fourth-order valence-electron chi connectivity index (χ4n) is 3.69. The predicted molar refractivity (Wildman–Crippen MR) is 130 cm³/mol. The number of carbonyl (C=O) groups excluding carboxylic acids is 2. The average molecular weight is 537 g/mol. The third kappa shape index (κ3) is 9.70. The number of amides is 2. The van der Waals surface area contributed by atoms with Gasteiger partial charge in [-0.05, 0) is 59.3 Å². The van der Waals surface area contributed by atoms with Crippen molar-refractivity contribution in [2.24, 2.45) is 10.9 Å². The molecule has 0 aromatic carbocycles. The molecule has 9 heteroatoms. The van der Waals surface area contributed by atoms with Crippen LogP contribution >= 0.6 is 24.0 Å². The molecule has 0 aromatic rings. The number of nitrogens with zero attached hydrogens (tertiary/aromatic N) is 3. The van der Waals surface area contributed by atoms with Crippen molar-refractivity contribution in [3.05, 3.63) is 0 Å². The molecule has 2 fully saturated rings. The van der Waals surface area contributed by atoms with E-state index < -0.39 is 5.60 Å². The summed E-state index contributed by atoms with van der Waals surface area (Å²) in [5.41, 5.74) is -0.468. The minimum absolute atomic E-state index is 0. The van der Waals surface area contributed by atoms with Crippen LogP contribution in [0.2, 0.25) is 0 Å². The first kappa shape index (κ1) is 26.8. The molecular weight excluding hydrogens is 497 g/mol. The van der Waals surface area contributed by atoms with Crippen LogP contribution in [0.3, 0.4) is 0 Å². The van der Waals surface area contributed by atoms with Gasteiger partial charge in [-0.25, -0.2) is 4.79 Å². The highest BCUT2D eigenvalue weighted by atomic mass is 127. The van der Waals surface area contributed by atoms with Crippen molar-refractivity contribution < 1.29 is 14.3 Å². The van der Waals surface area contributed by atoms with Gasteiger partial charge in [0.2, 0.25) is 5.91 Å². The van der Waals surface area contributed by atoms with Crippen LogP contribution in [0.4, 0.5) is 4.79 Å². The van der Waals surface area contributed by atoms with Gasteiger partial charge in [0.05, 0.1) is 0 Å². The van der Waals surface area contributed by atoms with Crippen molar-refractivity contribution >= 4 is 41.9 Å². The Kier molecular flexibility index (Phi) is 11.8. The molecule has 8 nitrogen and oxygen atoms in total. The summed E-state index contributed by atoms with van der Waals surface area (Å²) in [6.07, 6.45) is 4.41. The first-order chi connectivity index (χ1) is 13.8. The molecule has 0 aromatic heterocycles. The number of halogens is 1. The molecule has 2 saturated heterocycles. The molecule has 174 valence electrons. The number of hydrogen-bond donors (Lipinski definition) is 2. The van der Waals surface area contributed by atoms with Gasteiger partial charge < -0.3 is 25.2 Å². The Labute approximate surface area is 198 Å². The van der Waals surface area contributed by atoms with E-state index >= 15 is 0 Å². The Morgan fingerprint density at radius 3 is 2.63 bits per heavy atom. The predicted octanol–water partition coefficient (Wildman–Crippen LogP) is 2.82. The summed E-state index contributed by atoms with van der Waals surface area (Å²) in [5.74, 6) is 1.42. The smallest absolute Gasteiger partial charge is 0.410 e. The molecule has 2 heterocycles. The normalized spacial score (nSPS) is 20.1. The standard InChI is InChI=1S/C21H39N5O3.HI/c1-5-22-19(23-11-8-14-25-12-7-10-18(25)27)24-15-17-9-6-13-26(16-17)20(28)29-21(2,3)4;/h17H,5-16H2,1-4H3,(H2,22,23,24);1H. The van der Waals surface area contributed by atoms with Crippen molar-refractivity contribution in [3.63, 3.8) is 0 Å². The van der Waals surface area contributed by atoms with Crippen LogP contribution in [0.15, 0.2) is 4.99 Å². The number of aliphatic imine (C=N–C) groups is 1. The molecule has 2 rings (SSSR count). The molecule has 1 unspecified atom stereocenters. The number of likely N-dealkylation sites (tertiary alicyclic amines) is 2.